The molecule has 0 saturated carbocycles. The van der Waals surface area contributed by atoms with Crippen LogP contribution in [0.1, 0.15) is 20.7 Å². The van der Waals surface area contributed by atoms with E-state index in [4.69, 9.17) is 23.2 Å². The van der Waals surface area contributed by atoms with Crippen LogP contribution in [0.2, 0.25) is 10.0 Å². The molecular weight excluding hydrogens is 458 g/mol. The zero-order valence-electron chi connectivity index (χ0n) is 15.3. The molecule has 0 saturated heterocycles. The van der Waals surface area contributed by atoms with Crippen molar-refractivity contribution in [3.05, 3.63) is 81.8 Å². The standard InChI is InChI=1S/C21H12Cl2F3NO4/c22-13-5-6-15(17(23)10-13)19(28)27-18-7-4-12(9-16(18)20(29)30)11-2-1-3-14(8-11)31-21(24,25)26/h1-10H,(H,27,28)(H,29,30). The third-order valence-electron chi connectivity index (χ3n) is 4.07. The third-order valence-corrected chi connectivity index (χ3v) is 4.62. The van der Waals surface area contributed by atoms with E-state index >= 15 is 0 Å². The lowest BCUT2D eigenvalue weighted by atomic mass is 10.0. The fraction of sp³-hybridized carbons (Fsp3) is 0.0476. The van der Waals surface area contributed by atoms with Crippen molar-refractivity contribution in [3.63, 3.8) is 0 Å². The van der Waals surface area contributed by atoms with E-state index in [1.54, 1.807) is 0 Å². The van der Waals surface area contributed by atoms with E-state index in [1.165, 1.54) is 48.5 Å². The largest absolute Gasteiger partial charge is 0.573 e. The van der Waals surface area contributed by atoms with Crippen molar-refractivity contribution in [1.82, 2.24) is 0 Å². The zero-order valence-corrected chi connectivity index (χ0v) is 16.8. The maximum atomic E-state index is 12.5. The summed E-state index contributed by atoms with van der Waals surface area (Å²) in [5.41, 5.74) is 0.409. The number of carbonyl (C=O) groups is 2. The third kappa shape index (κ3) is 5.68. The average molecular weight is 470 g/mol. The van der Waals surface area contributed by atoms with Gasteiger partial charge in [-0.2, -0.15) is 0 Å². The highest BCUT2D eigenvalue weighted by atomic mass is 35.5. The van der Waals surface area contributed by atoms with Gasteiger partial charge in [0.2, 0.25) is 0 Å². The molecule has 0 heterocycles. The molecule has 1 amide bonds. The lowest BCUT2D eigenvalue weighted by molar-refractivity contribution is -0.274. The van der Waals surface area contributed by atoms with Crippen LogP contribution in [0.4, 0.5) is 18.9 Å². The first kappa shape index (κ1) is 22.5. The van der Waals surface area contributed by atoms with Crippen LogP contribution in [0.5, 0.6) is 5.75 Å². The predicted molar refractivity (Wildman–Crippen MR) is 110 cm³/mol. The number of nitrogens with one attached hydrogen (secondary N) is 1. The fourth-order valence-corrected chi connectivity index (χ4v) is 3.24. The summed E-state index contributed by atoms with van der Waals surface area (Å²) in [5, 5.41) is 12.4. The van der Waals surface area contributed by atoms with Gasteiger partial charge in [0.15, 0.2) is 0 Å². The molecule has 0 bridgehead atoms. The number of amides is 1. The highest BCUT2D eigenvalue weighted by molar-refractivity contribution is 6.37. The molecule has 2 N–H and O–H groups in total. The maximum Gasteiger partial charge on any atom is 0.573 e. The number of carbonyl (C=O) groups excluding carboxylic acids is 1. The van der Waals surface area contributed by atoms with Crippen LogP contribution in [0, 0.1) is 0 Å². The molecule has 0 aromatic heterocycles. The number of hydrogen-bond donors (Lipinski definition) is 2. The molecule has 0 atom stereocenters. The van der Waals surface area contributed by atoms with Crippen LogP contribution >= 0.6 is 23.2 Å². The average Bonchev–Trinajstić information content (AvgIpc) is 2.66. The number of benzene rings is 3. The van der Waals surface area contributed by atoms with E-state index < -0.39 is 24.0 Å². The smallest absolute Gasteiger partial charge is 0.478 e. The van der Waals surface area contributed by atoms with Gasteiger partial charge in [0.25, 0.3) is 5.91 Å². The normalized spacial score (nSPS) is 11.1. The number of anilines is 1. The van der Waals surface area contributed by atoms with Gasteiger partial charge in [-0.3, -0.25) is 4.79 Å². The molecule has 0 aliphatic rings. The van der Waals surface area contributed by atoms with Gasteiger partial charge in [-0.1, -0.05) is 41.4 Å². The molecule has 0 unspecified atom stereocenters. The Morgan fingerprint density at radius 2 is 1.61 bits per heavy atom. The number of halogens is 5. The highest BCUT2D eigenvalue weighted by Gasteiger charge is 2.31. The Balaban J connectivity index is 1.92. The molecule has 3 aromatic carbocycles. The summed E-state index contributed by atoms with van der Waals surface area (Å²) in [4.78, 5) is 24.2. The van der Waals surface area contributed by atoms with Crippen molar-refractivity contribution in [3.8, 4) is 16.9 Å². The van der Waals surface area contributed by atoms with Gasteiger partial charge < -0.3 is 15.2 Å². The van der Waals surface area contributed by atoms with E-state index in [9.17, 15) is 27.9 Å². The first-order valence-corrected chi connectivity index (χ1v) is 9.29. The number of hydrogen-bond acceptors (Lipinski definition) is 3. The molecule has 160 valence electrons. The Kier molecular flexibility index (Phi) is 6.42. The zero-order chi connectivity index (χ0) is 22.8. The van der Waals surface area contributed by atoms with Crippen molar-refractivity contribution in [2.45, 2.75) is 6.36 Å². The Morgan fingerprint density at radius 3 is 2.26 bits per heavy atom. The Bertz CT molecular complexity index is 1170. The number of ether oxygens (including phenoxy) is 1. The minimum absolute atomic E-state index is 0.0186. The van der Waals surface area contributed by atoms with Crippen LogP contribution in [-0.2, 0) is 0 Å². The first-order chi connectivity index (χ1) is 14.5. The number of alkyl halides is 3. The van der Waals surface area contributed by atoms with Crippen LogP contribution in [0.3, 0.4) is 0 Å². The minimum atomic E-state index is -4.86. The molecule has 10 heteroatoms. The van der Waals surface area contributed by atoms with Crippen molar-refractivity contribution in [2.75, 3.05) is 5.32 Å². The SMILES string of the molecule is O=C(Nc1ccc(-c2cccc(OC(F)(F)F)c2)cc1C(=O)O)c1ccc(Cl)cc1Cl. The molecule has 31 heavy (non-hydrogen) atoms. The lowest BCUT2D eigenvalue weighted by Crippen LogP contribution is -2.17. The summed E-state index contributed by atoms with van der Waals surface area (Å²) >= 11 is 11.8. The predicted octanol–water partition coefficient (Wildman–Crippen LogP) is 6.51. The summed E-state index contributed by atoms with van der Waals surface area (Å²) in [6.45, 7) is 0. The van der Waals surface area contributed by atoms with Gasteiger partial charge in [0.1, 0.15) is 5.75 Å². The van der Waals surface area contributed by atoms with E-state index in [2.05, 4.69) is 10.1 Å². The van der Waals surface area contributed by atoms with Gasteiger partial charge in [0, 0.05) is 5.02 Å². The second kappa shape index (κ2) is 8.87. The fourth-order valence-electron chi connectivity index (χ4n) is 2.75. The molecule has 3 rings (SSSR count). The Hall–Kier alpha value is -3.23. The van der Waals surface area contributed by atoms with Crippen molar-refractivity contribution in [1.29, 1.82) is 0 Å². The molecule has 0 fully saturated rings. The van der Waals surface area contributed by atoms with E-state index in [1.807, 2.05) is 0 Å². The summed E-state index contributed by atoms with van der Waals surface area (Å²) in [6, 6.07) is 13.3. The number of aromatic carboxylic acids is 1. The van der Waals surface area contributed by atoms with Gasteiger partial charge in [-0.05, 0) is 53.6 Å². The van der Waals surface area contributed by atoms with Crippen molar-refractivity contribution < 1.29 is 32.6 Å². The van der Waals surface area contributed by atoms with Gasteiger partial charge >= 0.3 is 12.3 Å². The molecule has 0 spiro atoms. The first-order valence-electron chi connectivity index (χ1n) is 8.53. The summed E-state index contributed by atoms with van der Waals surface area (Å²) < 4.78 is 41.3. The summed E-state index contributed by atoms with van der Waals surface area (Å²) in [6.07, 6.45) is -4.86. The van der Waals surface area contributed by atoms with Crippen LogP contribution < -0.4 is 10.1 Å². The highest BCUT2D eigenvalue weighted by Crippen LogP contribution is 2.31. The summed E-state index contributed by atoms with van der Waals surface area (Å²) in [7, 11) is 0. The van der Waals surface area contributed by atoms with E-state index in [-0.39, 0.29) is 21.8 Å². The molecule has 3 aromatic rings. The molecule has 0 aliphatic carbocycles. The monoisotopic (exact) mass is 469 g/mol. The van der Waals surface area contributed by atoms with Crippen LogP contribution in [0.25, 0.3) is 11.1 Å². The minimum Gasteiger partial charge on any atom is -0.478 e. The maximum absolute atomic E-state index is 12.5. The number of carboxylic acid groups (broad SMARTS) is 1. The van der Waals surface area contributed by atoms with Crippen molar-refractivity contribution >= 4 is 40.8 Å². The quantitative estimate of drug-likeness (QED) is 0.446. The van der Waals surface area contributed by atoms with Crippen LogP contribution in [-0.4, -0.2) is 23.3 Å². The topological polar surface area (TPSA) is 75.6 Å². The second-order valence-electron chi connectivity index (χ2n) is 6.22. The number of rotatable bonds is 5. The molecule has 0 radical (unpaired) electrons. The van der Waals surface area contributed by atoms with Crippen LogP contribution in [0.15, 0.2) is 60.7 Å². The molecule has 5 nitrogen and oxygen atoms in total. The second-order valence-corrected chi connectivity index (χ2v) is 7.06. The summed E-state index contributed by atoms with van der Waals surface area (Å²) in [5.74, 6) is -2.45. The van der Waals surface area contributed by atoms with E-state index in [0.29, 0.717) is 16.1 Å². The Morgan fingerprint density at radius 1 is 0.903 bits per heavy atom. The van der Waals surface area contributed by atoms with Gasteiger partial charge in [-0.25, -0.2) is 4.79 Å². The Labute approximate surface area is 184 Å². The van der Waals surface area contributed by atoms with E-state index in [0.717, 1.165) is 12.1 Å². The van der Waals surface area contributed by atoms with Gasteiger partial charge in [-0.15, -0.1) is 13.2 Å². The lowest BCUT2D eigenvalue weighted by Gasteiger charge is -2.13. The van der Waals surface area contributed by atoms with Crippen molar-refractivity contribution in [2.24, 2.45) is 0 Å². The molecule has 0 aliphatic heterocycles. The van der Waals surface area contributed by atoms with Gasteiger partial charge in [0.05, 0.1) is 21.8 Å². The molecular formula is C21H12Cl2F3NO4. The number of carboxylic acids is 1.